The fourth-order valence-electron chi connectivity index (χ4n) is 5.20. The quantitative estimate of drug-likeness (QED) is 0.351. The van der Waals surface area contributed by atoms with Gasteiger partial charge in [0.1, 0.15) is 11.7 Å². The van der Waals surface area contributed by atoms with Gasteiger partial charge in [0.2, 0.25) is 0 Å². The molecule has 4 nitrogen and oxygen atoms in total. The van der Waals surface area contributed by atoms with Crippen LogP contribution in [0.2, 0.25) is 0 Å². The monoisotopic (exact) mass is 446 g/mol. The van der Waals surface area contributed by atoms with Gasteiger partial charge in [-0.25, -0.2) is 4.79 Å². The topological polar surface area (TPSA) is 55.8 Å². The zero-order chi connectivity index (χ0) is 23.2. The Labute approximate surface area is 171 Å². The van der Waals surface area contributed by atoms with Crippen LogP contribution in [0.3, 0.4) is 0 Å². The van der Waals surface area contributed by atoms with E-state index in [9.17, 15) is 36.2 Å². The van der Waals surface area contributed by atoms with Crippen LogP contribution in [-0.4, -0.2) is 46.3 Å². The highest BCUT2D eigenvalue weighted by Crippen LogP contribution is 2.56. The van der Waals surface area contributed by atoms with Crippen molar-refractivity contribution in [2.24, 2.45) is 11.8 Å². The average Bonchev–Trinajstić information content (AvgIpc) is 2.62. The summed E-state index contributed by atoms with van der Waals surface area (Å²) in [7, 11) is 0. The molecule has 0 amide bonds. The Morgan fingerprint density at radius 2 is 1.80 bits per heavy atom. The molecule has 0 saturated heterocycles. The molecule has 1 N–H and O–H groups in total. The molecule has 0 radical (unpaired) electrons. The second kappa shape index (κ2) is 8.00. The fourth-order valence-corrected chi connectivity index (χ4v) is 5.20. The molecule has 2 bridgehead atoms. The van der Waals surface area contributed by atoms with E-state index in [1.807, 2.05) is 0 Å². The lowest BCUT2D eigenvalue weighted by Gasteiger charge is -2.57. The molecule has 2 fully saturated rings. The van der Waals surface area contributed by atoms with Crippen LogP contribution >= 0.6 is 0 Å². The predicted molar refractivity (Wildman–Crippen MR) is 95.4 cm³/mol. The van der Waals surface area contributed by atoms with Crippen molar-refractivity contribution in [1.29, 1.82) is 0 Å². The standard InChI is InChI=1S/C20H28F6O4/c1-5-13-10-17(30-15(27)6-2)9-7-8-14(11-17)16(13,4)29-12(3)18(28,19(21,22)23)20(24,25)26/h6,12-14,28H,2,5,7-11H2,1,3-4H3. The lowest BCUT2D eigenvalue weighted by molar-refractivity contribution is -0.403. The Hall–Kier alpha value is -1.29. The van der Waals surface area contributed by atoms with Crippen molar-refractivity contribution in [3.05, 3.63) is 12.7 Å². The minimum absolute atomic E-state index is 0.249. The predicted octanol–water partition coefficient (Wildman–Crippen LogP) is 5.09. The number of halogens is 6. The van der Waals surface area contributed by atoms with Crippen LogP contribution in [0.5, 0.6) is 0 Å². The zero-order valence-electron chi connectivity index (χ0n) is 17.2. The summed E-state index contributed by atoms with van der Waals surface area (Å²) in [5.74, 6) is -1.52. The molecule has 2 saturated carbocycles. The van der Waals surface area contributed by atoms with Gasteiger partial charge in [0, 0.05) is 6.08 Å². The molecule has 2 aliphatic carbocycles. The lowest BCUT2D eigenvalue weighted by atomic mass is 9.57. The first-order chi connectivity index (χ1) is 13.6. The Kier molecular flexibility index (Phi) is 6.66. The van der Waals surface area contributed by atoms with E-state index < -0.39 is 53.1 Å². The van der Waals surface area contributed by atoms with Crippen molar-refractivity contribution in [2.75, 3.05) is 0 Å². The fraction of sp³-hybridized carbons (Fsp3) is 0.850. The number of alkyl halides is 6. The maximum absolute atomic E-state index is 13.3. The summed E-state index contributed by atoms with van der Waals surface area (Å²) >= 11 is 0. The second-order valence-electron chi connectivity index (χ2n) is 8.62. The highest BCUT2D eigenvalue weighted by atomic mass is 19.4. The molecule has 0 heterocycles. The molecule has 5 unspecified atom stereocenters. The number of rotatable bonds is 6. The molecule has 0 aromatic heterocycles. The van der Waals surface area contributed by atoms with E-state index in [2.05, 4.69) is 6.58 Å². The van der Waals surface area contributed by atoms with Crippen molar-refractivity contribution in [2.45, 2.75) is 94.6 Å². The summed E-state index contributed by atoms with van der Waals surface area (Å²) in [6, 6.07) is 0. The minimum atomic E-state index is -5.97. The van der Waals surface area contributed by atoms with Gasteiger partial charge >= 0.3 is 18.3 Å². The Morgan fingerprint density at radius 1 is 1.23 bits per heavy atom. The number of carbonyl (C=O) groups is 1. The molecular formula is C20H28F6O4. The number of aliphatic hydroxyl groups is 1. The summed E-state index contributed by atoms with van der Waals surface area (Å²) in [4.78, 5) is 11.8. The van der Waals surface area contributed by atoms with Crippen molar-refractivity contribution in [3.8, 4) is 0 Å². The summed E-state index contributed by atoms with van der Waals surface area (Å²) in [6.07, 6.45) is -10.9. The van der Waals surface area contributed by atoms with Crippen LogP contribution in [0, 0.1) is 11.8 Å². The van der Waals surface area contributed by atoms with Gasteiger partial charge in [-0.1, -0.05) is 19.9 Å². The molecule has 0 aromatic rings. The molecule has 30 heavy (non-hydrogen) atoms. The van der Waals surface area contributed by atoms with Crippen molar-refractivity contribution >= 4 is 5.97 Å². The third kappa shape index (κ3) is 4.09. The van der Waals surface area contributed by atoms with Crippen LogP contribution in [-0.2, 0) is 14.3 Å². The molecule has 0 spiro atoms. The molecular weight excluding hydrogens is 418 g/mol. The number of esters is 1. The van der Waals surface area contributed by atoms with Crippen LogP contribution < -0.4 is 0 Å². The molecule has 2 aliphatic rings. The third-order valence-electron chi connectivity index (χ3n) is 6.90. The highest BCUT2D eigenvalue weighted by Gasteiger charge is 2.74. The van der Waals surface area contributed by atoms with E-state index in [0.29, 0.717) is 32.6 Å². The Balaban J connectivity index is 2.38. The minimum Gasteiger partial charge on any atom is -0.456 e. The largest absolute Gasteiger partial charge is 0.456 e. The van der Waals surface area contributed by atoms with Gasteiger partial charge < -0.3 is 14.6 Å². The molecule has 5 atom stereocenters. The second-order valence-corrected chi connectivity index (χ2v) is 8.62. The smallest absolute Gasteiger partial charge is 0.428 e. The Bertz CT molecular complexity index is 643. The van der Waals surface area contributed by atoms with Crippen LogP contribution in [0.1, 0.15) is 59.3 Å². The molecule has 0 aliphatic heterocycles. The van der Waals surface area contributed by atoms with Gasteiger partial charge in [-0.2, -0.15) is 26.3 Å². The molecule has 174 valence electrons. The lowest BCUT2D eigenvalue weighted by Crippen LogP contribution is -2.67. The van der Waals surface area contributed by atoms with Gasteiger partial charge in [0.25, 0.3) is 5.60 Å². The van der Waals surface area contributed by atoms with E-state index in [0.717, 1.165) is 6.08 Å². The van der Waals surface area contributed by atoms with E-state index in [-0.39, 0.29) is 12.8 Å². The van der Waals surface area contributed by atoms with E-state index in [1.54, 1.807) is 6.92 Å². The summed E-state index contributed by atoms with van der Waals surface area (Å²) in [5.41, 5.74) is -7.20. The number of hydrogen-bond acceptors (Lipinski definition) is 4. The summed E-state index contributed by atoms with van der Waals surface area (Å²) in [6.45, 7) is 7.22. The molecule has 2 rings (SSSR count). The maximum atomic E-state index is 13.3. The van der Waals surface area contributed by atoms with Gasteiger partial charge in [-0.3, -0.25) is 0 Å². The van der Waals surface area contributed by atoms with Gasteiger partial charge in [-0.05, 0) is 57.8 Å². The first-order valence-corrected chi connectivity index (χ1v) is 9.95. The van der Waals surface area contributed by atoms with Gasteiger partial charge in [-0.15, -0.1) is 0 Å². The number of hydrogen-bond donors (Lipinski definition) is 1. The van der Waals surface area contributed by atoms with Crippen LogP contribution in [0.4, 0.5) is 26.3 Å². The molecule has 10 heteroatoms. The van der Waals surface area contributed by atoms with Gasteiger partial charge in [0.15, 0.2) is 0 Å². The van der Waals surface area contributed by atoms with Crippen LogP contribution in [0.15, 0.2) is 12.7 Å². The zero-order valence-corrected chi connectivity index (χ0v) is 17.2. The SMILES string of the molecule is C=CC(=O)OC12CCCC(C1)C(C)(OC(C)C(O)(C(F)(F)F)C(F)(F)F)C(CC)C2. The highest BCUT2D eigenvalue weighted by molar-refractivity contribution is 5.81. The number of ether oxygens (including phenoxy) is 2. The first kappa shape index (κ1) is 25.0. The maximum Gasteiger partial charge on any atom is 0.428 e. The molecule has 0 aromatic carbocycles. The van der Waals surface area contributed by atoms with Gasteiger partial charge in [0.05, 0.1) is 5.60 Å². The number of carbonyl (C=O) groups excluding carboxylic acids is 1. The van der Waals surface area contributed by atoms with E-state index >= 15 is 0 Å². The first-order valence-electron chi connectivity index (χ1n) is 9.95. The van der Waals surface area contributed by atoms with E-state index in [1.165, 1.54) is 6.92 Å². The van der Waals surface area contributed by atoms with Crippen molar-refractivity contribution in [1.82, 2.24) is 0 Å². The van der Waals surface area contributed by atoms with Crippen molar-refractivity contribution < 1.29 is 45.7 Å². The summed E-state index contributed by atoms with van der Waals surface area (Å²) in [5, 5.41) is 9.73. The average molecular weight is 446 g/mol. The van der Waals surface area contributed by atoms with E-state index in [4.69, 9.17) is 9.47 Å². The number of fused-ring (bicyclic) bond motifs is 2. The van der Waals surface area contributed by atoms with Crippen LogP contribution in [0.25, 0.3) is 0 Å². The Morgan fingerprint density at radius 3 is 2.27 bits per heavy atom. The summed E-state index contributed by atoms with van der Waals surface area (Å²) < 4.78 is 90.8. The normalized spacial score (nSPS) is 33.7. The van der Waals surface area contributed by atoms with Crippen molar-refractivity contribution in [3.63, 3.8) is 0 Å². The third-order valence-corrected chi connectivity index (χ3v) is 6.90.